The summed E-state index contributed by atoms with van der Waals surface area (Å²) in [5.41, 5.74) is 0.549. The zero-order valence-electron chi connectivity index (χ0n) is 13.4. The van der Waals surface area contributed by atoms with Gasteiger partial charge in [-0.3, -0.25) is 4.90 Å². The van der Waals surface area contributed by atoms with Crippen LogP contribution in [0.25, 0.3) is 11.0 Å². The number of halogens is 4. The number of rotatable bonds is 5. The summed E-state index contributed by atoms with van der Waals surface area (Å²) in [6.07, 6.45) is -4.53. The smallest absolute Gasteiger partial charge is 0.314 e. The molecule has 7 nitrogen and oxygen atoms in total. The van der Waals surface area contributed by atoms with Gasteiger partial charge in [0.15, 0.2) is 0 Å². The minimum Gasteiger partial charge on any atom is -0.314 e. The molecule has 0 saturated carbocycles. The Bertz CT molecular complexity index is 840. The van der Waals surface area contributed by atoms with Gasteiger partial charge in [-0.15, -0.1) is 12.4 Å². The molecule has 0 radical (unpaired) electrons. The molecule has 2 heterocycles. The van der Waals surface area contributed by atoms with Crippen LogP contribution in [0.2, 0.25) is 0 Å². The Morgan fingerprint density at radius 1 is 1.27 bits per heavy atom. The minimum absolute atomic E-state index is 0. The fourth-order valence-electron chi connectivity index (χ4n) is 2.71. The first kappa shape index (κ1) is 21.3. The normalized spacial score (nSPS) is 17.8. The Hall–Kier alpha value is -1.05. The van der Waals surface area contributed by atoms with Crippen LogP contribution in [0.5, 0.6) is 0 Å². The second kappa shape index (κ2) is 8.31. The zero-order valence-corrected chi connectivity index (χ0v) is 15.8. The number of nitrogens with zero attached hydrogens (tertiary/aromatic N) is 3. The van der Waals surface area contributed by atoms with E-state index in [9.17, 15) is 21.6 Å². The van der Waals surface area contributed by atoms with Crippen molar-refractivity contribution < 1.29 is 21.6 Å². The van der Waals surface area contributed by atoms with Crippen molar-refractivity contribution in [2.75, 3.05) is 32.7 Å². The molecule has 3 rings (SSSR count). The predicted molar refractivity (Wildman–Crippen MR) is 94.1 cm³/mol. The van der Waals surface area contributed by atoms with Gasteiger partial charge in [0, 0.05) is 32.7 Å². The summed E-state index contributed by atoms with van der Waals surface area (Å²) in [5, 5.41) is 2.97. The van der Waals surface area contributed by atoms with Crippen molar-refractivity contribution in [1.29, 1.82) is 0 Å². The van der Waals surface area contributed by atoms with E-state index in [-0.39, 0.29) is 35.9 Å². The Labute approximate surface area is 158 Å². The molecule has 1 aliphatic rings. The average molecular weight is 432 g/mol. The van der Waals surface area contributed by atoms with Crippen LogP contribution < -0.4 is 10.0 Å². The molecule has 1 fully saturated rings. The van der Waals surface area contributed by atoms with Crippen molar-refractivity contribution in [2.45, 2.75) is 17.1 Å². The molecule has 26 heavy (non-hydrogen) atoms. The van der Waals surface area contributed by atoms with Gasteiger partial charge >= 0.3 is 6.18 Å². The summed E-state index contributed by atoms with van der Waals surface area (Å²) in [6, 6.07) is 2.50. The molecule has 1 aromatic carbocycles. The second-order valence-electron chi connectivity index (χ2n) is 5.58. The summed E-state index contributed by atoms with van der Waals surface area (Å²) >= 11 is 0.847. The van der Waals surface area contributed by atoms with Crippen LogP contribution in [-0.4, -0.2) is 67.0 Å². The Kier molecular flexibility index (Phi) is 6.80. The van der Waals surface area contributed by atoms with Crippen molar-refractivity contribution in [3.8, 4) is 0 Å². The third-order valence-corrected chi connectivity index (χ3v) is 5.97. The molecule has 0 amide bonds. The number of piperazine rings is 1. The van der Waals surface area contributed by atoms with Crippen LogP contribution >= 0.6 is 24.1 Å². The summed E-state index contributed by atoms with van der Waals surface area (Å²) < 4.78 is 75.0. The number of sulfonamides is 1. The number of hydrogen-bond acceptors (Lipinski definition) is 7. The van der Waals surface area contributed by atoms with Crippen LogP contribution in [0.1, 0.15) is 0 Å². The molecular formula is C13H17ClF3N5O2S2. The van der Waals surface area contributed by atoms with Gasteiger partial charge in [0.05, 0.1) is 11.7 Å². The van der Waals surface area contributed by atoms with Gasteiger partial charge in [-0.25, -0.2) is 13.1 Å². The molecule has 146 valence electrons. The highest BCUT2D eigenvalue weighted by Gasteiger charge is 2.44. The lowest BCUT2D eigenvalue weighted by Gasteiger charge is -2.35. The quantitative estimate of drug-likeness (QED) is 0.740. The number of aromatic nitrogens is 2. The van der Waals surface area contributed by atoms with E-state index in [1.165, 1.54) is 17.0 Å². The van der Waals surface area contributed by atoms with E-state index in [0.717, 1.165) is 11.7 Å². The predicted octanol–water partition coefficient (Wildman–Crippen LogP) is 1.23. The molecule has 13 heteroatoms. The van der Waals surface area contributed by atoms with Crippen LogP contribution in [0.3, 0.4) is 0 Å². The van der Waals surface area contributed by atoms with Crippen LogP contribution in [0.15, 0.2) is 23.1 Å². The molecule has 1 aliphatic heterocycles. The molecule has 1 atom stereocenters. The van der Waals surface area contributed by atoms with Crippen molar-refractivity contribution >= 4 is 45.2 Å². The number of alkyl halides is 3. The number of nitrogens with one attached hydrogen (secondary N) is 2. The van der Waals surface area contributed by atoms with E-state index in [1.807, 2.05) is 0 Å². The van der Waals surface area contributed by atoms with Crippen LogP contribution in [0, 0.1) is 0 Å². The highest BCUT2D eigenvalue weighted by Crippen LogP contribution is 2.26. The first-order valence-electron chi connectivity index (χ1n) is 7.51. The van der Waals surface area contributed by atoms with E-state index in [0.29, 0.717) is 18.6 Å². The fourth-order valence-corrected chi connectivity index (χ4v) is 4.51. The maximum atomic E-state index is 13.4. The van der Waals surface area contributed by atoms with Crippen LogP contribution in [0.4, 0.5) is 13.2 Å². The van der Waals surface area contributed by atoms with Gasteiger partial charge in [0.1, 0.15) is 22.0 Å². The second-order valence-corrected chi connectivity index (χ2v) is 7.85. The first-order valence-corrected chi connectivity index (χ1v) is 9.73. The summed E-state index contributed by atoms with van der Waals surface area (Å²) in [5.74, 6) is 0. The summed E-state index contributed by atoms with van der Waals surface area (Å²) in [4.78, 5) is 1.07. The lowest BCUT2D eigenvalue weighted by Crippen LogP contribution is -2.57. The SMILES string of the molecule is Cl.O=S(=O)(NCC(N1CCNCC1)C(F)(F)F)c1cccc2nsnc12. The fraction of sp³-hybridized carbons (Fsp3) is 0.538. The molecular weight excluding hydrogens is 415 g/mol. The molecule has 2 aromatic rings. The summed E-state index contributed by atoms with van der Waals surface area (Å²) in [7, 11) is -4.14. The van der Waals surface area contributed by atoms with Crippen molar-refractivity contribution in [2.24, 2.45) is 0 Å². The highest BCUT2D eigenvalue weighted by molar-refractivity contribution is 7.89. The number of hydrogen-bond donors (Lipinski definition) is 2. The molecule has 0 aliphatic carbocycles. The monoisotopic (exact) mass is 431 g/mol. The Morgan fingerprint density at radius 2 is 1.96 bits per heavy atom. The van der Waals surface area contributed by atoms with Crippen LogP contribution in [-0.2, 0) is 10.0 Å². The summed E-state index contributed by atoms with van der Waals surface area (Å²) in [6.45, 7) is 0.529. The van der Waals surface area contributed by atoms with E-state index >= 15 is 0 Å². The van der Waals surface area contributed by atoms with E-state index in [2.05, 4.69) is 18.8 Å². The lowest BCUT2D eigenvalue weighted by molar-refractivity contribution is -0.182. The first-order chi connectivity index (χ1) is 11.8. The molecule has 1 saturated heterocycles. The molecule has 1 aromatic heterocycles. The van der Waals surface area contributed by atoms with Gasteiger partial charge in [0.2, 0.25) is 10.0 Å². The Morgan fingerprint density at radius 3 is 2.62 bits per heavy atom. The maximum Gasteiger partial charge on any atom is 0.405 e. The highest BCUT2D eigenvalue weighted by atomic mass is 35.5. The van der Waals surface area contributed by atoms with Crippen molar-refractivity contribution in [3.05, 3.63) is 18.2 Å². The third kappa shape index (κ3) is 4.61. The van der Waals surface area contributed by atoms with Crippen molar-refractivity contribution in [1.82, 2.24) is 23.7 Å². The standard InChI is InChI=1S/C13H16F3N5O2S2.ClH/c14-13(15,16)11(21-6-4-17-5-7-21)8-18-25(22,23)10-3-1-2-9-12(10)20-24-19-9;/h1-3,11,17-18H,4-8H2;1H. The number of fused-ring (bicyclic) bond motifs is 1. The molecule has 2 N–H and O–H groups in total. The van der Waals surface area contributed by atoms with Crippen molar-refractivity contribution in [3.63, 3.8) is 0 Å². The molecule has 1 unspecified atom stereocenters. The largest absolute Gasteiger partial charge is 0.405 e. The third-order valence-electron chi connectivity index (χ3n) is 3.98. The average Bonchev–Trinajstić information content (AvgIpc) is 3.03. The van der Waals surface area contributed by atoms with E-state index in [4.69, 9.17) is 0 Å². The van der Waals surface area contributed by atoms with Gasteiger partial charge < -0.3 is 5.32 Å². The van der Waals surface area contributed by atoms with Gasteiger partial charge in [-0.05, 0) is 12.1 Å². The van der Waals surface area contributed by atoms with Gasteiger partial charge in [-0.2, -0.15) is 21.9 Å². The minimum atomic E-state index is -4.53. The van der Waals surface area contributed by atoms with E-state index < -0.39 is 28.8 Å². The zero-order chi connectivity index (χ0) is 18.1. The molecule has 0 bridgehead atoms. The van der Waals surface area contributed by atoms with Gasteiger partial charge in [0.25, 0.3) is 0 Å². The Balaban J connectivity index is 0.00000243. The van der Waals surface area contributed by atoms with E-state index in [1.54, 1.807) is 6.07 Å². The van der Waals surface area contributed by atoms with Gasteiger partial charge in [-0.1, -0.05) is 6.07 Å². The lowest BCUT2D eigenvalue weighted by atomic mass is 10.2. The molecule has 0 spiro atoms. The maximum absolute atomic E-state index is 13.4. The number of benzene rings is 1. The topological polar surface area (TPSA) is 87.2 Å².